The van der Waals surface area contributed by atoms with Crippen molar-refractivity contribution in [1.29, 1.82) is 0 Å². The van der Waals surface area contributed by atoms with E-state index >= 15 is 0 Å². The number of methoxy groups -OCH3 is 1. The Kier molecular flexibility index (Phi) is 5.93. The van der Waals surface area contributed by atoms with Crippen LogP contribution < -0.4 is 29.7 Å². The maximum Gasteiger partial charge on any atom is 0.231 e. The first-order valence-electron chi connectivity index (χ1n) is 9.97. The maximum absolute atomic E-state index is 5.44. The first-order valence-corrected chi connectivity index (χ1v) is 9.97. The number of ether oxygens (including phenoxy) is 3. The number of nitrogens with zero attached hydrogens (tertiary/aromatic N) is 2. The number of rotatable bonds is 6. The molecule has 2 aromatic rings. The third-order valence-corrected chi connectivity index (χ3v) is 5.38. The van der Waals surface area contributed by atoms with Gasteiger partial charge >= 0.3 is 0 Å². The van der Waals surface area contributed by atoms with E-state index in [-0.39, 0.29) is 0 Å². The van der Waals surface area contributed by atoms with E-state index in [4.69, 9.17) is 14.2 Å². The number of benzene rings is 2. The van der Waals surface area contributed by atoms with E-state index in [1.165, 1.54) is 5.69 Å². The minimum atomic E-state index is 0.295. The Bertz CT molecular complexity index is 871. The fraction of sp³-hybridized carbons (Fsp3) is 0.409. The first kappa shape index (κ1) is 19.2. The smallest absolute Gasteiger partial charge is 0.231 e. The van der Waals surface area contributed by atoms with Gasteiger partial charge in [0.15, 0.2) is 17.5 Å². The third kappa shape index (κ3) is 4.67. The Balaban J connectivity index is 1.25. The van der Waals surface area contributed by atoms with Gasteiger partial charge in [-0.25, -0.2) is 0 Å². The molecule has 1 unspecified atom stereocenters. The Hall–Kier alpha value is -3.09. The molecule has 0 aromatic heterocycles. The molecular formula is C22H28N4O3. The molecule has 0 amide bonds. The molecule has 154 valence electrons. The van der Waals surface area contributed by atoms with Crippen molar-refractivity contribution in [1.82, 2.24) is 10.6 Å². The molecule has 1 saturated heterocycles. The number of anilines is 1. The molecule has 2 heterocycles. The van der Waals surface area contributed by atoms with E-state index in [9.17, 15) is 0 Å². The number of hydrogen-bond donors (Lipinski definition) is 2. The zero-order chi connectivity index (χ0) is 20.1. The molecule has 0 spiro atoms. The van der Waals surface area contributed by atoms with Crippen LogP contribution >= 0.6 is 0 Å². The molecule has 0 aliphatic carbocycles. The molecule has 2 aromatic carbocycles. The normalized spacial score (nSPS) is 18.1. The van der Waals surface area contributed by atoms with Crippen LogP contribution in [-0.4, -0.2) is 46.5 Å². The summed E-state index contributed by atoms with van der Waals surface area (Å²) in [4.78, 5) is 6.76. The van der Waals surface area contributed by atoms with Gasteiger partial charge < -0.3 is 29.7 Å². The second-order valence-electron chi connectivity index (χ2n) is 7.30. The van der Waals surface area contributed by atoms with Crippen LogP contribution in [0.3, 0.4) is 0 Å². The molecule has 4 rings (SSSR count). The van der Waals surface area contributed by atoms with Crippen LogP contribution in [0.4, 0.5) is 5.69 Å². The number of aliphatic imine (C=N–C) groups is 1. The molecule has 0 bridgehead atoms. The van der Waals surface area contributed by atoms with Gasteiger partial charge in [0.2, 0.25) is 6.79 Å². The standard InChI is InChI=1S/C22H28N4O3/c1-23-22(24-12-16-6-7-20-21(10-16)29-15-28-20)25-13-17-8-9-26(14-17)18-4-3-5-19(11-18)27-2/h3-7,10-11,17H,8-9,12-15H2,1-2H3,(H2,23,24,25). The van der Waals surface area contributed by atoms with Crippen LogP contribution in [-0.2, 0) is 6.54 Å². The lowest BCUT2D eigenvalue weighted by Crippen LogP contribution is -2.39. The topological polar surface area (TPSA) is 67.4 Å². The molecule has 29 heavy (non-hydrogen) atoms. The van der Waals surface area contributed by atoms with Crippen LogP contribution in [0.5, 0.6) is 17.2 Å². The van der Waals surface area contributed by atoms with Crippen molar-refractivity contribution in [2.24, 2.45) is 10.9 Å². The highest BCUT2D eigenvalue weighted by Gasteiger charge is 2.23. The molecule has 0 saturated carbocycles. The van der Waals surface area contributed by atoms with Crippen molar-refractivity contribution in [3.8, 4) is 17.2 Å². The van der Waals surface area contributed by atoms with Gasteiger partial charge in [-0.2, -0.15) is 0 Å². The van der Waals surface area contributed by atoms with Crippen LogP contribution in [0.1, 0.15) is 12.0 Å². The average molecular weight is 396 g/mol. The second kappa shape index (κ2) is 8.94. The predicted molar refractivity (Wildman–Crippen MR) is 114 cm³/mol. The first-order chi connectivity index (χ1) is 14.2. The van der Waals surface area contributed by atoms with E-state index in [0.29, 0.717) is 19.3 Å². The molecule has 7 heteroatoms. The van der Waals surface area contributed by atoms with Gasteiger partial charge in [-0.1, -0.05) is 12.1 Å². The summed E-state index contributed by atoms with van der Waals surface area (Å²) in [6, 6.07) is 14.3. The summed E-state index contributed by atoms with van der Waals surface area (Å²) in [6.07, 6.45) is 1.16. The molecule has 1 fully saturated rings. The predicted octanol–water partition coefficient (Wildman–Crippen LogP) is 2.62. The molecule has 7 nitrogen and oxygen atoms in total. The highest BCUT2D eigenvalue weighted by molar-refractivity contribution is 5.79. The lowest BCUT2D eigenvalue weighted by atomic mass is 10.1. The lowest BCUT2D eigenvalue weighted by Gasteiger charge is -2.20. The Morgan fingerprint density at radius 2 is 2.07 bits per heavy atom. The van der Waals surface area contributed by atoms with E-state index in [1.54, 1.807) is 14.2 Å². The summed E-state index contributed by atoms with van der Waals surface area (Å²) in [6.45, 7) is 3.95. The summed E-state index contributed by atoms with van der Waals surface area (Å²) >= 11 is 0. The quantitative estimate of drug-likeness (QED) is 0.578. The fourth-order valence-corrected chi connectivity index (χ4v) is 3.74. The van der Waals surface area contributed by atoms with Crippen LogP contribution in [0, 0.1) is 5.92 Å². The zero-order valence-corrected chi connectivity index (χ0v) is 17.0. The third-order valence-electron chi connectivity index (χ3n) is 5.38. The van der Waals surface area contributed by atoms with Crippen molar-refractivity contribution in [2.75, 3.05) is 45.5 Å². The van der Waals surface area contributed by atoms with Crippen LogP contribution in [0.25, 0.3) is 0 Å². The Morgan fingerprint density at radius 3 is 2.93 bits per heavy atom. The van der Waals surface area contributed by atoms with Gasteiger partial charge in [0.1, 0.15) is 5.75 Å². The highest BCUT2D eigenvalue weighted by atomic mass is 16.7. The van der Waals surface area contributed by atoms with Gasteiger partial charge in [-0.05, 0) is 42.2 Å². The van der Waals surface area contributed by atoms with E-state index in [1.807, 2.05) is 30.3 Å². The Labute approximate surface area is 171 Å². The van der Waals surface area contributed by atoms with Gasteiger partial charge in [0.05, 0.1) is 7.11 Å². The summed E-state index contributed by atoms with van der Waals surface area (Å²) in [5.41, 5.74) is 2.35. The number of guanidine groups is 1. The average Bonchev–Trinajstić information content (AvgIpc) is 3.43. The van der Waals surface area contributed by atoms with Crippen molar-refractivity contribution in [2.45, 2.75) is 13.0 Å². The van der Waals surface area contributed by atoms with E-state index in [0.717, 1.165) is 54.8 Å². The number of nitrogens with one attached hydrogen (secondary N) is 2. The Morgan fingerprint density at radius 1 is 1.17 bits per heavy atom. The molecular weight excluding hydrogens is 368 g/mol. The molecule has 1 atom stereocenters. The van der Waals surface area contributed by atoms with Gasteiger partial charge in [-0.3, -0.25) is 4.99 Å². The largest absolute Gasteiger partial charge is 0.497 e. The SMILES string of the molecule is CN=C(NCc1ccc2c(c1)OCO2)NCC1CCN(c2cccc(OC)c2)C1. The van der Waals surface area contributed by atoms with Crippen LogP contribution in [0.15, 0.2) is 47.5 Å². The van der Waals surface area contributed by atoms with Gasteiger partial charge in [0, 0.05) is 45.0 Å². The van der Waals surface area contributed by atoms with Crippen molar-refractivity contribution < 1.29 is 14.2 Å². The monoisotopic (exact) mass is 396 g/mol. The van der Waals surface area contributed by atoms with E-state index in [2.05, 4.69) is 32.7 Å². The number of hydrogen-bond acceptors (Lipinski definition) is 5. The minimum Gasteiger partial charge on any atom is -0.497 e. The molecule has 2 aliphatic heterocycles. The lowest BCUT2D eigenvalue weighted by molar-refractivity contribution is 0.174. The van der Waals surface area contributed by atoms with Gasteiger partial charge in [-0.15, -0.1) is 0 Å². The van der Waals surface area contributed by atoms with Gasteiger partial charge in [0.25, 0.3) is 0 Å². The summed E-state index contributed by atoms with van der Waals surface area (Å²) in [5.74, 6) is 3.89. The van der Waals surface area contributed by atoms with Crippen molar-refractivity contribution >= 4 is 11.6 Å². The summed E-state index contributed by atoms with van der Waals surface area (Å²) in [5, 5.41) is 6.83. The second-order valence-corrected chi connectivity index (χ2v) is 7.30. The minimum absolute atomic E-state index is 0.295. The summed E-state index contributed by atoms with van der Waals surface area (Å²) in [7, 11) is 3.50. The molecule has 2 N–H and O–H groups in total. The maximum atomic E-state index is 5.44. The van der Waals surface area contributed by atoms with Crippen LogP contribution in [0.2, 0.25) is 0 Å². The highest BCUT2D eigenvalue weighted by Crippen LogP contribution is 2.32. The molecule has 2 aliphatic rings. The van der Waals surface area contributed by atoms with Crippen molar-refractivity contribution in [3.05, 3.63) is 48.0 Å². The fourth-order valence-electron chi connectivity index (χ4n) is 3.74. The zero-order valence-electron chi connectivity index (χ0n) is 17.0. The van der Waals surface area contributed by atoms with Crippen molar-refractivity contribution in [3.63, 3.8) is 0 Å². The van der Waals surface area contributed by atoms with E-state index < -0.39 is 0 Å². The summed E-state index contributed by atoms with van der Waals surface area (Å²) < 4.78 is 16.1. The number of fused-ring (bicyclic) bond motifs is 1. The molecule has 0 radical (unpaired) electrons.